The van der Waals surface area contributed by atoms with Gasteiger partial charge in [0, 0.05) is 30.4 Å². The number of urea groups is 1. The van der Waals surface area contributed by atoms with Gasteiger partial charge in [0.05, 0.1) is 20.3 Å². The van der Waals surface area contributed by atoms with Crippen LogP contribution in [0.15, 0.2) is 66.7 Å². The Morgan fingerprint density at radius 2 is 1.63 bits per heavy atom. The van der Waals surface area contributed by atoms with E-state index in [1.165, 1.54) is 16.7 Å². The topological polar surface area (TPSA) is 50.8 Å². The van der Waals surface area contributed by atoms with Crippen LogP contribution in [0, 0.1) is 6.92 Å². The Hall–Kier alpha value is -3.47. The van der Waals surface area contributed by atoms with Crippen molar-refractivity contribution in [2.24, 2.45) is 0 Å². The molecule has 154 valence electrons. The molecule has 5 heteroatoms. The smallest absolute Gasteiger partial charge is 0.322 e. The molecular formula is C25H26N2O3. The number of nitrogens with zero attached hydrogens (tertiary/aromatic N) is 1. The Kier molecular flexibility index (Phi) is 5.61. The first-order valence-corrected chi connectivity index (χ1v) is 10.0. The van der Waals surface area contributed by atoms with Crippen molar-refractivity contribution >= 4 is 11.7 Å². The quantitative estimate of drug-likeness (QED) is 0.653. The first kappa shape index (κ1) is 19.8. The predicted molar refractivity (Wildman–Crippen MR) is 118 cm³/mol. The van der Waals surface area contributed by atoms with Crippen LogP contribution in [0.1, 0.15) is 28.3 Å². The number of amides is 2. The van der Waals surface area contributed by atoms with Gasteiger partial charge in [-0.3, -0.25) is 0 Å². The maximum absolute atomic E-state index is 13.4. The van der Waals surface area contributed by atoms with Gasteiger partial charge in [-0.1, -0.05) is 54.1 Å². The zero-order chi connectivity index (χ0) is 21.1. The summed E-state index contributed by atoms with van der Waals surface area (Å²) in [5.74, 6) is 1.26. The molecule has 0 fully saturated rings. The van der Waals surface area contributed by atoms with Gasteiger partial charge in [-0.2, -0.15) is 0 Å². The molecule has 1 N–H and O–H groups in total. The summed E-state index contributed by atoms with van der Waals surface area (Å²) in [5, 5.41) is 3.03. The number of hydrogen-bond acceptors (Lipinski definition) is 3. The Morgan fingerprint density at radius 3 is 2.30 bits per heavy atom. The summed E-state index contributed by atoms with van der Waals surface area (Å²) in [4.78, 5) is 15.3. The fourth-order valence-corrected chi connectivity index (χ4v) is 3.97. The average molecular weight is 402 g/mol. The predicted octanol–water partition coefficient (Wildman–Crippen LogP) is 5.19. The lowest BCUT2D eigenvalue weighted by Crippen LogP contribution is -2.43. The molecule has 0 saturated carbocycles. The van der Waals surface area contributed by atoms with E-state index >= 15 is 0 Å². The minimum atomic E-state index is -0.148. The van der Waals surface area contributed by atoms with Gasteiger partial charge in [-0.05, 0) is 30.0 Å². The second-order valence-electron chi connectivity index (χ2n) is 7.49. The van der Waals surface area contributed by atoms with Crippen molar-refractivity contribution in [1.82, 2.24) is 4.90 Å². The largest absolute Gasteiger partial charge is 0.497 e. The van der Waals surface area contributed by atoms with Crippen molar-refractivity contribution in [2.45, 2.75) is 19.4 Å². The minimum Gasteiger partial charge on any atom is -0.497 e. The Bertz CT molecular complexity index is 1020. The van der Waals surface area contributed by atoms with Crippen LogP contribution in [0.2, 0.25) is 0 Å². The van der Waals surface area contributed by atoms with Gasteiger partial charge in [0.1, 0.15) is 11.5 Å². The van der Waals surface area contributed by atoms with Crippen LogP contribution >= 0.6 is 0 Å². The lowest BCUT2D eigenvalue weighted by Gasteiger charge is -2.37. The van der Waals surface area contributed by atoms with Crippen LogP contribution in [-0.4, -0.2) is 31.7 Å². The molecule has 1 aliphatic rings. The number of aryl methyl sites for hydroxylation is 1. The fraction of sp³-hybridized carbons (Fsp3) is 0.240. The van der Waals surface area contributed by atoms with E-state index in [0.29, 0.717) is 23.7 Å². The second kappa shape index (κ2) is 8.49. The molecule has 0 aromatic heterocycles. The van der Waals surface area contributed by atoms with Crippen LogP contribution < -0.4 is 14.8 Å². The molecule has 0 saturated heterocycles. The van der Waals surface area contributed by atoms with Gasteiger partial charge >= 0.3 is 6.03 Å². The molecule has 1 heterocycles. The lowest BCUT2D eigenvalue weighted by molar-refractivity contribution is 0.194. The molecule has 1 aliphatic heterocycles. The van der Waals surface area contributed by atoms with E-state index in [2.05, 4.69) is 54.7 Å². The maximum atomic E-state index is 13.4. The number of fused-ring (bicyclic) bond motifs is 1. The van der Waals surface area contributed by atoms with Crippen molar-refractivity contribution in [3.8, 4) is 11.5 Å². The zero-order valence-corrected chi connectivity index (χ0v) is 17.5. The number of benzene rings is 3. The molecule has 0 aliphatic carbocycles. The Morgan fingerprint density at radius 1 is 0.967 bits per heavy atom. The van der Waals surface area contributed by atoms with Gasteiger partial charge < -0.3 is 19.7 Å². The number of carbonyl (C=O) groups excluding carboxylic acids is 1. The molecule has 0 radical (unpaired) electrons. The molecule has 5 nitrogen and oxygen atoms in total. The van der Waals surface area contributed by atoms with E-state index in [-0.39, 0.29) is 12.1 Å². The molecule has 0 spiro atoms. The summed E-state index contributed by atoms with van der Waals surface area (Å²) in [6.07, 6.45) is 0.827. The third-order valence-electron chi connectivity index (χ3n) is 5.54. The van der Waals surface area contributed by atoms with E-state index in [1.54, 1.807) is 32.4 Å². The third kappa shape index (κ3) is 3.96. The van der Waals surface area contributed by atoms with Crippen molar-refractivity contribution in [3.05, 3.63) is 89.0 Å². The molecule has 2 amide bonds. The Labute approximate surface area is 177 Å². The van der Waals surface area contributed by atoms with E-state index in [0.717, 1.165) is 12.0 Å². The average Bonchev–Trinajstić information content (AvgIpc) is 2.78. The fourth-order valence-electron chi connectivity index (χ4n) is 3.97. The number of anilines is 1. The minimum absolute atomic E-state index is 0.136. The molecular weight excluding hydrogens is 376 g/mol. The van der Waals surface area contributed by atoms with Gasteiger partial charge in [0.2, 0.25) is 0 Å². The SMILES string of the molecule is COc1cc(NC(=O)N2CCc3ccccc3C2c2ccc(C)cc2)cc(OC)c1. The van der Waals surface area contributed by atoms with Crippen LogP contribution in [0.5, 0.6) is 11.5 Å². The maximum Gasteiger partial charge on any atom is 0.322 e. The van der Waals surface area contributed by atoms with E-state index in [4.69, 9.17) is 9.47 Å². The highest BCUT2D eigenvalue weighted by molar-refractivity contribution is 5.90. The van der Waals surface area contributed by atoms with Crippen LogP contribution in [0.3, 0.4) is 0 Å². The van der Waals surface area contributed by atoms with Crippen molar-refractivity contribution < 1.29 is 14.3 Å². The molecule has 0 bridgehead atoms. The zero-order valence-electron chi connectivity index (χ0n) is 17.5. The summed E-state index contributed by atoms with van der Waals surface area (Å²) in [5.41, 5.74) is 5.40. The van der Waals surface area contributed by atoms with E-state index in [1.807, 2.05) is 11.0 Å². The molecule has 3 aromatic carbocycles. The van der Waals surface area contributed by atoms with Gasteiger partial charge in [-0.25, -0.2) is 4.79 Å². The van der Waals surface area contributed by atoms with Gasteiger partial charge in [0.25, 0.3) is 0 Å². The number of methoxy groups -OCH3 is 2. The monoisotopic (exact) mass is 402 g/mol. The van der Waals surface area contributed by atoms with Crippen molar-refractivity contribution in [2.75, 3.05) is 26.1 Å². The normalized spacial score (nSPS) is 15.3. The van der Waals surface area contributed by atoms with E-state index in [9.17, 15) is 4.79 Å². The summed E-state index contributed by atoms with van der Waals surface area (Å²) in [6, 6.07) is 21.8. The molecule has 4 rings (SSSR count). The number of ether oxygens (including phenoxy) is 2. The van der Waals surface area contributed by atoms with Crippen LogP contribution in [0.4, 0.5) is 10.5 Å². The highest BCUT2D eigenvalue weighted by Gasteiger charge is 2.32. The first-order valence-electron chi connectivity index (χ1n) is 10.0. The summed E-state index contributed by atoms with van der Waals surface area (Å²) in [6.45, 7) is 2.71. The summed E-state index contributed by atoms with van der Waals surface area (Å²) < 4.78 is 10.7. The standard InChI is InChI=1S/C25H26N2O3/c1-17-8-10-19(11-9-17)24-23-7-5-4-6-18(23)12-13-27(24)25(28)26-20-14-21(29-2)16-22(15-20)30-3/h4-11,14-16,24H,12-13H2,1-3H3,(H,26,28). The number of hydrogen-bond donors (Lipinski definition) is 1. The summed E-state index contributed by atoms with van der Waals surface area (Å²) in [7, 11) is 3.19. The highest BCUT2D eigenvalue weighted by Crippen LogP contribution is 2.36. The highest BCUT2D eigenvalue weighted by atomic mass is 16.5. The molecule has 1 atom stereocenters. The number of nitrogens with one attached hydrogen (secondary N) is 1. The Balaban J connectivity index is 1.68. The van der Waals surface area contributed by atoms with Crippen LogP contribution in [-0.2, 0) is 6.42 Å². The molecule has 3 aromatic rings. The van der Waals surface area contributed by atoms with Gasteiger partial charge in [0.15, 0.2) is 0 Å². The van der Waals surface area contributed by atoms with Gasteiger partial charge in [-0.15, -0.1) is 0 Å². The third-order valence-corrected chi connectivity index (χ3v) is 5.54. The molecule has 1 unspecified atom stereocenters. The first-order chi connectivity index (χ1) is 14.6. The molecule has 30 heavy (non-hydrogen) atoms. The van der Waals surface area contributed by atoms with Crippen molar-refractivity contribution in [1.29, 1.82) is 0 Å². The van der Waals surface area contributed by atoms with E-state index < -0.39 is 0 Å². The summed E-state index contributed by atoms with van der Waals surface area (Å²) >= 11 is 0. The number of carbonyl (C=O) groups is 1. The lowest BCUT2D eigenvalue weighted by atomic mass is 9.88. The number of rotatable bonds is 4. The van der Waals surface area contributed by atoms with Crippen molar-refractivity contribution in [3.63, 3.8) is 0 Å². The van der Waals surface area contributed by atoms with Crippen LogP contribution in [0.25, 0.3) is 0 Å². The second-order valence-corrected chi connectivity index (χ2v) is 7.49.